The molecule has 0 spiro atoms. The standard InChI is InChI=1S/C7HF13O/c8-1(3(9,10)6(15,16)17)2(21)4(11,12)5(13,14)7(18,19)20/h21H/b2-1+. The van der Waals surface area contributed by atoms with Crippen LogP contribution in [-0.2, 0) is 0 Å². The van der Waals surface area contributed by atoms with Crippen molar-refractivity contribution >= 4 is 0 Å². The predicted octanol–water partition coefficient (Wildman–Crippen LogP) is 4.76. The second kappa shape index (κ2) is 4.83. The molecule has 0 heterocycles. The van der Waals surface area contributed by atoms with Gasteiger partial charge in [0, 0.05) is 0 Å². The first-order valence-electron chi connectivity index (χ1n) is 4.18. The van der Waals surface area contributed by atoms with Crippen LogP contribution in [-0.4, -0.2) is 35.2 Å². The number of hydrogen-bond acceptors (Lipinski definition) is 1. The molecule has 0 bridgehead atoms. The maximum absolute atomic E-state index is 12.5. The Hall–Kier alpha value is -1.37. The lowest BCUT2D eigenvalue weighted by molar-refractivity contribution is -0.351. The number of allylic oxidation sites excluding steroid dienone is 2. The van der Waals surface area contributed by atoms with Gasteiger partial charge < -0.3 is 5.11 Å². The van der Waals surface area contributed by atoms with Gasteiger partial charge in [0.25, 0.3) is 0 Å². The normalized spacial score (nSPS) is 16.8. The lowest BCUT2D eigenvalue weighted by Gasteiger charge is -2.28. The van der Waals surface area contributed by atoms with E-state index in [0.717, 1.165) is 0 Å². The summed E-state index contributed by atoms with van der Waals surface area (Å²) in [5, 5.41) is 8.04. The fourth-order valence-corrected chi connectivity index (χ4v) is 0.738. The molecule has 1 nitrogen and oxygen atoms in total. The van der Waals surface area contributed by atoms with Gasteiger partial charge in [-0.05, 0) is 0 Å². The zero-order chi connectivity index (χ0) is 17.7. The first kappa shape index (κ1) is 19.6. The summed E-state index contributed by atoms with van der Waals surface area (Å²) in [5.74, 6) is -30.3. The lowest BCUT2D eigenvalue weighted by Crippen LogP contribution is -2.54. The van der Waals surface area contributed by atoms with E-state index in [4.69, 9.17) is 5.11 Å². The summed E-state index contributed by atoms with van der Waals surface area (Å²) in [6.07, 6.45) is -14.1. The Kier molecular flexibility index (Phi) is 4.51. The number of aliphatic hydroxyl groups is 1. The van der Waals surface area contributed by atoms with Crippen LogP contribution in [0.25, 0.3) is 0 Å². The summed E-state index contributed by atoms with van der Waals surface area (Å²) >= 11 is 0. The van der Waals surface area contributed by atoms with Crippen molar-refractivity contribution in [2.75, 3.05) is 0 Å². The van der Waals surface area contributed by atoms with Gasteiger partial charge in [-0.15, -0.1) is 0 Å². The van der Waals surface area contributed by atoms with E-state index in [1.165, 1.54) is 0 Å². The van der Waals surface area contributed by atoms with Crippen molar-refractivity contribution in [1.29, 1.82) is 0 Å². The van der Waals surface area contributed by atoms with Gasteiger partial charge in [-0.3, -0.25) is 0 Å². The molecule has 0 aromatic carbocycles. The number of halogens is 13. The van der Waals surface area contributed by atoms with Crippen LogP contribution in [0.5, 0.6) is 0 Å². The quantitative estimate of drug-likeness (QED) is 0.576. The van der Waals surface area contributed by atoms with Crippen molar-refractivity contribution in [1.82, 2.24) is 0 Å². The van der Waals surface area contributed by atoms with E-state index in [1.807, 2.05) is 0 Å². The first-order chi connectivity index (χ1) is 8.82. The van der Waals surface area contributed by atoms with E-state index in [9.17, 15) is 57.1 Å². The minimum Gasteiger partial charge on any atom is -0.504 e. The van der Waals surface area contributed by atoms with Crippen molar-refractivity contribution in [2.45, 2.75) is 30.1 Å². The Morgan fingerprint density at radius 2 is 0.905 bits per heavy atom. The summed E-state index contributed by atoms with van der Waals surface area (Å²) in [7, 11) is 0. The highest BCUT2D eigenvalue weighted by atomic mass is 19.4. The molecule has 0 aliphatic carbocycles. The van der Waals surface area contributed by atoms with Crippen LogP contribution in [0.4, 0.5) is 57.1 Å². The van der Waals surface area contributed by atoms with Gasteiger partial charge in [-0.25, -0.2) is 4.39 Å². The highest BCUT2D eigenvalue weighted by Gasteiger charge is 2.77. The molecule has 0 aliphatic heterocycles. The van der Waals surface area contributed by atoms with Crippen molar-refractivity contribution in [2.24, 2.45) is 0 Å². The van der Waals surface area contributed by atoms with Gasteiger partial charge in [0.2, 0.25) is 11.6 Å². The first-order valence-corrected chi connectivity index (χ1v) is 4.18. The Balaban J connectivity index is 6.13. The molecular weight excluding hydrogens is 347 g/mol. The zero-order valence-corrected chi connectivity index (χ0v) is 8.86. The Bertz CT molecular complexity index is 425. The molecule has 0 radical (unpaired) electrons. The van der Waals surface area contributed by atoms with Crippen LogP contribution in [0.15, 0.2) is 11.6 Å². The highest BCUT2D eigenvalue weighted by Crippen LogP contribution is 2.52. The Labute approximate surface area is 105 Å². The van der Waals surface area contributed by atoms with E-state index in [-0.39, 0.29) is 0 Å². The van der Waals surface area contributed by atoms with Crippen molar-refractivity contribution < 1.29 is 62.2 Å². The molecule has 0 unspecified atom stereocenters. The molecule has 1 N–H and O–H groups in total. The van der Waals surface area contributed by atoms with E-state index in [2.05, 4.69) is 0 Å². The molecule has 0 saturated carbocycles. The molecule has 0 aromatic heterocycles. The summed E-state index contributed by atoms with van der Waals surface area (Å²) < 4.78 is 156. The highest BCUT2D eigenvalue weighted by molar-refractivity contribution is 5.21. The zero-order valence-electron chi connectivity index (χ0n) is 8.86. The SMILES string of the molecule is O/C(=C(/F)C(F)(F)C(F)(F)F)C(F)(F)C(F)(F)C(F)(F)F. The third-order valence-corrected chi connectivity index (χ3v) is 1.89. The molecule has 0 aliphatic rings. The van der Waals surface area contributed by atoms with Gasteiger partial charge in [0.15, 0.2) is 0 Å². The third kappa shape index (κ3) is 2.97. The summed E-state index contributed by atoms with van der Waals surface area (Å²) in [6.45, 7) is 0. The van der Waals surface area contributed by atoms with Crippen LogP contribution in [0.1, 0.15) is 0 Å². The van der Waals surface area contributed by atoms with Gasteiger partial charge in [-0.2, -0.15) is 52.7 Å². The van der Waals surface area contributed by atoms with E-state index >= 15 is 0 Å². The monoisotopic (exact) mass is 348 g/mol. The molecule has 0 amide bonds. The molecule has 21 heavy (non-hydrogen) atoms. The van der Waals surface area contributed by atoms with Crippen molar-refractivity contribution in [3.63, 3.8) is 0 Å². The average molecular weight is 348 g/mol. The maximum Gasteiger partial charge on any atom is 0.460 e. The minimum atomic E-state index is -7.30. The number of aliphatic hydroxyl groups excluding tert-OH is 1. The molecule has 0 saturated heterocycles. The van der Waals surface area contributed by atoms with Crippen LogP contribution < -0.4 is 0 Å². The van der Waals surface area contributed by atoms with Gasteiger partial charge in [0.1, 0.15) is 0 Å². The summed E-state index contributed by atoms with van der Waals surface area (Å²) in [6, 6.07) is 0. The van der Waals surface area contributed by atoms with Crippen LogP contribution in [0, 0.1) is 0 Å². The predicted molar refractivity (Wildman–Crippen MR) is 37.7 cm³/mol. The number of rotatable bonds is 3. The van der Waals surface area contributed by atoms with Crippen LogP contribution >= 0.6 is 0 Å². The van der Waals surface area contributed by atoms with Crippen LogP contribution in [0.3, 0.4) is 0 Å². The molecule has 0 rings (SSSR count). The van der Waals surface area contributed by atoms with Gasteiger partial charge >= 0.3 is 30.1 Å². The van der Waals surface area contributed by atoms with E-state index < -0.39 is 41.7 Å². The third-order valence-electron chi connectivity index (χ3n) is 1.89. The summed E-state index contributed by atoms with van der Waals surface area (Å²) in [5.41, 5.74) is 0. The van der Waals surface area contributed by atoms with E-state index in [1.54, 1.807) is 0 Å². The maximum atomic E-state index is 12.5. The van der Waals surface area contributed by atoms with E-state index in [0.29, 0.717) is 0 Å². The Morgan fingerprint density at radius 1 is 0.571 bits per heavy atom. The molecule has 126 valence electrons. The van der Waals surface area contributed by atoms with Gasteiger partial charge in [0.05, 0.1) is 0 Å². The Morgan fingerprint density at radius 3 is 1.14 bits per heavy atom. The molecule has 14 heteroatoms. The molecule has 0 fully saturated rings. The van der Waals surface area contributed by atoms with Crippen LogP contribution in [0.2, 0.25) is 0 Å². The fourth-order valence-electron chi connectivity index (χ4n) is 0.738. The largest absolute Gasteiger partial charge is 0.504 e. The minimum absolute atomic E-state index is 4.38. The molecular formula is C7HF13O. The number of alkyl halides is 12. The van der Waals surface area contributed by atoms with Crippen molar-refractivity contribution in [3.05, 3.63) is 11.6 Å². The second-order valence-electron chi connectivity index (χ2n) is 3.38. The smallest absolute Gasteiger partial charge is 0.460 e. The van der Waals surface area contributed by atoms with Crippen molar-refractivity contribution in [3.8, 4) is 0 Å². The van der Waals surface area contributed by atoms with Gasteiger partial charge in [-0.1, -0.05) is 0 Å². The second-order valence-corrected chi connectivity index (χ2v) is 3.38. The summed E-state index contributed by atoms with van der Waals surface area (Å²) in [4.78, 5) is 0. The average Bonchev–Trinajstić information content (AvgIpc) is 2.23. The lowest BCUT2D eigenvalue weighted by atomic mass is 10.1. The number of hydrogen-bond donors (Lipinski definition) is 1. The topological polar surface area (TPSA) is 20.2 Å². The molecule has 0 aromatic rings. The molecule has 0 atom stereocenters. The fraction of sp³-hybridized carbons (Fsp3) is 0.714.